The molecule has 3 atom stereocenters. The molecule has 18 heavy (non-hydrogen) atoms. The van der Waals surface area contributed by atoms with Crippen LogP contribution in [0.2, 0.25) is 10.0 Å². The van der Waals surface area contributed by atoms with E-state index in [1.54, 1.807) is 11.8 Å². The summed E-state index contributed by atoms with van der Waals surface area (Å²) in [7, 11) is 0. The maximum absolute atomic E-state index is 6.23. The van der Waals surface area contributed by atoms with Crippen LogP contribution in [0.15, 0.2) is 23.1 Å². The van der Waals surface area contributed by atoms with Crippen molar-refractivity contribution in [1.29, 1.82) is 0 Å². The van der Waals surface area contributed by atoms with E-state index in [1.165, 1.54) is 19.3 Å². The Morgan fingerprint density at radius 1 is 1.33 bits per heavy atom. The number of thioether (sulfide) groups is 1. The van der Waals surface area contributed by atoms with Crippen LogP contribution in [-0.4, -0.2) is 11.3 Å². The van der Waals surface area contributed by atoms with Gasteiger partial charge < -0.3 is 5.73 Å². The molecule has 0 aromatic heterocycles. The Balaban J connectivity index is 2.09. The predicted octanol–water partition coefficient (Wildman–Crippen LogP) is 4.99. The van der Waals surface area contributed by atoms with Crippen LogP contribution in [0.25, 0.3) is 0 Å². The Morgan fingerprint density at radius 2 is 2.11 bits per heavy atom. The number of halogens is 2. The van der Waals surface area contributed by atoms with Gasteiger partial charge in [0.05, 0.1) is 5.02 Å². The van der Waals surface area contributed by atoms with E-state index in [9.17, 15) is 0 Å². The van der Waals surface area contributed by atoms with Crippen LogP contribution in [0.3, 0.4) is 0 Å². The zero-order valence-electron chi connectivity index (χ0n) is 10.5. The van der Waals surface area contributed by atoms with Crippen LogP contribution in [0, 0.1) is 5.92 Å². The molecule has 0 bridgehead atoms. The summed E-state index contributed by atoms with van der Waals surface area (Å²) in [6.45, 7) is 2.26. The van der Waals surface area contributed by atoms with Gasteiger partial charge in [0.15, 0.2) is 0 Å². The summed E-state index contributed by atoms with van der Waals surface area (Å²) in [6.07, 6.45) is 4.81. The van der Waals surface area contributed by atoms with Crippen LogP contribution in [0.5, 0.6) is 0 Å². The van der Waals surface area contributed by atoms with Crippen molar-refractivity contribution < 1.29 is 0 Å². The third-order valence-electron chi connectivity index (χ3n) is 3.70. The van der Waals surface area contributed by atoms with Crippen LogP contribution in [0.1, 0.15) is 32.6 Å². The quantitative estimate of drug-likeness (QED) is 0.851. The van der Waals surface area contributed by atoms with Crippen molar-refractivity contribution in [2.24, 2.45) is 11.7 Å². The minimum Gasteiger partial charge on any atom is -0.327 e. The molecule has 0 radical (unpaired) electrons. The maximum atomic E-state index is 6.23. The third-order valence-corrected chi connectivity index (χ3v) is 5.81. The van der Waals surface area contributed by atoms with Gasteiger partial charge in [-0.05, 0) is 43.4 Å². The summed E-state index contributed by atoms with van der Waals surface area (Å²) in [5.41, 5.74) is 6.23. The van der Waals surface area contributed by atoms with Gasteiger partial charge in [-0.3, -0.25) is 0 Å². The van der Waals surface area contributed by atoms with Crippen molar-refractivity contribution in [3.8, 4) is 0 Å². The molecule has 4 heteroatoms. The molecule has 2 rings (SSSR count). The minimum absolute atomic E-state index is 0.271. The second kappa shape index (κ2) is 6.51. The van der Waals surface area contributed by atoms with E-state index in [0.717, 1.165) is 27.3 Å². The molecule has 1 saturated carbocycles. The van der Waals surface area contributed by atoms with Gasteiger partial charge >= 0.3 is 0 Å². The Bertz CT molecular complexity index is 411. The smallest absolute Gasteiger partial charge is 0.0543 e. The van der Waals surface area contributed by atoms with E-state index >= 15 is 0 Å². The van der Waals surface area contributed by atoms with Crippen LogP contribution in [0.4, 0.5) is 0 Å². The molecule has 0 spiro atoms. The fourth-order valence-corrected chi connectivity index (χ4v) is 4.34. The van der Waals surface area contributed by atoms with Gasteiger partial charge in [-0.1, -0.05) is 36.5 Å². The first-order chi connectivity index (χ1) is 8.60. The predicted molar refractivity (Wildman–Crippen MR) is 81.7 cm³/mol. The average Bonchev–Trinajstić information content (AvgIpc) is 2.36. The zero-order valence-corrected chi connectivity index (χ0v) is 12.9. The SMILES string of the molecule is CCC1CCC(N)C(Sc2cc(Cl)ccc2Cl)C1. The number of hydrogen-bond acceptors (Lipinski definition) is 2. The van der Waals surface area contributed by atoms with E-state index in [-0.39, 0.29) is 6.04 Å². The van der Waals surface area contributed by atoms with Crippen molar-refractivity contribution in [2.45, 2.75) is 48.8 Å². The Labute approximate surface area is 123 Å². The molecule has 3 unspecified atom stereocenters. The largest absolute Gasteiger partial charge is 0.327 e. The molecular formula is C14H19Cl2NS. The maximum Gasteiger partial charge on any atom is 0.0543 e. The van der Waals surface area contributed by atoms with Crippen molar-refractivity contribution >= 4 is 35.0 Å². The molecule has 100 valence electrons. The molecule has 1 aliphatic carbocycles. The summed E-state index contributed by atoms with van der Waals surface area (Å²) >= 11 is 14.0. The lowest BCUT2D eigenvalue weighted by molar-refractivity contribution is 0.327. The molecule has 1 nitrogen and oxygen atoms in total. The van der Waals surface area contributed by atoms with Crippen molar-refractivity contribution in [3.05, 3.63) is 28.2 Å². The van der Waals surface area contributed by atoms with Crippen LogP contribution >= 0.6 is 35.0 Å². The van der Waals surface area contributed by atoms with E-state index in [4.69, 9.17) is 28.9 Å². The number of nitrogens with two attached hydrogens (primary N) is 1. The monoisotopic (exact) mass is 303 g/mol. The highest BCUT2D eigenvalue weighted by atomic mass is 35.5. The van der Waals surface area contributed by atoms with Gasteiger partial charge in [-0.25, -0.2) is 0 Å². The summed E-state index contributed by atoms with van der Waals surface area (Å²) in [5, 5.41) is 1.97. The van der Waals surface area contributed by atoms with E-state index in [2.05, 4.69) is 6.92 Å². The molecule has 1 aromatic rings. The average molecular weight is 304 g/mol. The Morgan fingerprint density at radius 3 is 2.83 bits per heavy atom. The second-order valence-electron chi connectivity index (χ2n) is 4.98. The van der Waals surface area contributed by atoms with Gasteiger partial charge in [0.25, 0.3) is 0 Å². The first kappa shape index (κ1) is 14.5. The molecular weight excluding hydrogens is 285 g/mol. The molecule has 0 saturated heterocycles. The van der Waals surface area contributed by atoms with Crippen molar-refractivity contribution in [1.82, 2.24) is 0 Å². The molecule has 1 aliphatic rings. The lowest BCUT2D eigenvalue weighted by Gasteiger charge is -2.33. The summed E-state index contributed by atoms with van der Waals surface area (Å²) < 4.78 is 0. The topological polar surface area (TPSA) is 26.0 Å². The van der Waals surface area contributed by atoms with E-state index in [1.807, 2.05) is 18.2 Å². The Hall–Kier alpha value is 0.110. The van der Waals surface area contributed by atoms with Crippen molar-refractivity contribution in [3.63, 3.8) is 0 Å². The number of hydrogen-bond donors (Lipinski definition) is 1. The van der Waals surface area contributed by atoms with E-state index < -0.39 is 0 Å². The van der Waals surface area contributed by atoms with Gasteiger partial charge in [0.1, 0.15) is 0 Å². The lowest BCUT2D eigenvalue weighted by Crippen LogP contribution is -2.38. The van der Waals surface area contributed by atoms with Gasteiger partial charge in [0.2, 0.25) is 0 Å². The normalized spacial score (nSPS) is 28.3. The summed E-state index contributed by atoms with van der Waals surface area (Å²) in [5.74, 6) is 0.806. The first-order valence-corrected chi connectivity index (χ1v) is 8.11. The van der Waals surface area contributed by atoms with Gasteiger partial charge in [-0.2, -0.15) is 0 Å². The molecule has 0 amide bonds. The molecule has 0 aliphatic heterocycles. The Kier molecular flexibility index (Phi) is 5.25. The molecule has 2 N–H and O–H groups in total. The second-order valence-corrected chi connectivity index (χ2v) is 7.11. The van der Waals surface area contributed by atoms with Crippen molar-refractivity contribution in [2.75, 3.05) is 0 Å². The fourth-order valence-electron chi connectivity index (χ4n) is 2.47. The van der Waals surface area contributed by atoms with Crippen LogP contribution in [-0.2, 0) is 0 Å². The fraction of sp³-hybridized carbons (Fsp3) is 0.571. The number of rotatable bonds is 3. The van der Waals surface area contributed by atoms with Gasteiger partial charge in [-0.15, -0.1) is 11.8 Å². The lowest BCUT2D eigenvalue weighted by atomic mass is 9.84. The molecule has 1 fully saturated rings. The first-order valence-electron chi connectivity index (χ1n) is 6.47. The summed E-state index contributed by atoms with van der Waals surface area (Å²) in [4.78, 5) is 1.06. The zero-order chi connectivity index (χ0) is 13.1. The third kappa shape index (κ3) is 3.57. The highest BCUT2D eigenvalue weighted by Crippen LogP contribution is 2.40. The van der Waals surface area contributed by atoms with E-state index in [0.29, 0.717) is 5.25 Å². The number of benzene rings is 1. The standard InChI is InChI=1S/C14H19Cl2NS/c1-2-9-3-6-12(17)14(7-9)18-13-8-10(15)4-5-11(13)16/h4-5,8-9,12,14H,2-3,6-7,17H2,1H3. The van der Waals surface area contributed by atoms with Gasteiger partial charge in [0, 0.05) is 21.2 Å². The minimum atomic E-state index is 0.271. The highest BCUT2D eigenvalue weighted by Gasteiger charge is 2.28. The molecule has 1 aromatic carbocycles. The van der Waals surface area contributed by atoms with Crippen LogP contribution < -0.4 is 5.73 Å². The summed E-state index contributed by atoms with van der Waals surface area (Å²) in [6, 6.07) is 5.89. The highest BCUT2D eigenvalue weighted by molar-refractivity contribution is 8.00. The molecule has 0 heterocycles.